The predicted octanol–water partition coefficient (Wildman–Crippen LogP) is 5.47. The van der Waals surface area contributed by atoms with Gasteiger partial charge in [-0.25, -0.2) is 0 Å². The topological polar surface area (TPSA) is 41.6 Å². The number of benzene rings is 2. The summed E-state index contributed by atoms with van der Waals surface area (Å²) in [6, 6.07) is 15.9. The second-order valence-corrected chi connectivity index (χ2v) is 8.36. The zero-order chi connectivity index (χ0) is 20.5. The van der Waals surface area contributed by atoms with Crippen molar-refractivity contribution >= 4 is 23.1 Å². The lowest BCUT2D eigenvalue weighted by Gasteiger charge is -2.39. The molecule has 1 atom stereocenters. The highest BCUT2D eigenvalue weighted by Gasteiger charge is 2.35. The summed E-state index contributed by atoms with van der Waals surface area (Å²) in [5, 5.41) is 4.00. The molecule has 1 N–H and O–H groups in total. The van der Waals surface area contributed by atoms with E-state index in [0.717, 1.165) is 41.2 Å². The maximum Gasteiger partial charge on any atom is 0.173 e. The summed E-state index contributed by atoms with van der Waals surface area (Å²) in [5.41, 5.74) is 4.22. The molecule has 0 fully saturated rings. The summed E-state index contributed by atoms with van der Waals surface area (Å²) >= 11 is 5.50. The van der Waals surface area contributed by atoms with Crippen LogP contribution in [0.3, 0.4) is 0 Å². The molecule has 150 valence electrons. The first-order chi connectivity index (χ1) is 13.9. The molecule has 0 saturated carbocycles. The van der Waals surface area contributed by atoms with Crippen molar-refractivity contribution in [2.75, 3.05) is 7.05 Å². The summed E-state index contributed by atoms with van der Waals surface area (Å²) < 4.78 is 5.99. The van der Waals surface area contributed by atoms with Crippen LogP contribution in [0.2, 0.25) is 0 Å². The second kappa shape index (κ2) is 7.99. The van der Waals surface area contributed by atoms with Crippen LogP contribution in [0.25, 0.3) is 0 Å². The fourth-order valence-corrected chi connectivity index (χ4v) is 4.20. The molecular weight excluding hydrogens is 380 g/mol. The van der Waals surface area contributed by atoms with Gasteiger partial charge in [0.05, 0.1) is 6.04 Å². The van der Waals surface area contributed by atoms with Gasteiger partial charge in [-0.05, 0) is 66.4 Å². The van der Waals surface area contributed by atoms with Crippen LogP contribution in [-0.2, 0) is 4.79 Å². The maximum atomic E-state index is 12.7. The SMILES string of the molecule is CC(C)c1ccc(Oc2ccc(C3NC(=S)N(C)C4=C3C(=O)CCC4)cc2)cc1. The highest BCUT2D eigenvalue weighted by molar-refractivity contribution is 7.80. The molecule has 4 nitrogen and oxygen atoms in total. The van der Waals surface area contributed by atoms with Crippen LogP contribution in [-0.4, -0.2) is 22.8 Å². The fraction of sp³-hybridized carbons (Fsp3) is 0.333. The zero-order valence-corrected chi connectivity index (χ0v) is 17.9. The molecule has 1 aliphatic heterocycles. The first-order valence-electron chi connectivity index (χ1n) is 10.1. The number of Topliss-reactive ketones (excluding diaryl/α,β-unsaturated/α-hetero) is 1. The van der Waals surface area contributed by atoms with Gasteiger partial charge in [0.1, 0.15) is 11.5 Å². The van der Waals surface area contributed by atoms with E-state index < -0.39 is 0 Å². The normalized spacial score (nSPS) is 19.3. The monoisotopic (exact) mass is 406 g/mol. The molecule has 0 radical (unpaired) electrons. The molecule has 2 aliphatic rings. The highest BCUT2D eigenvalue weighted by Crippen LogP contribution is 2.37. The number of carbonyl (C=O) groups is 1. The van der Waals surface area contributed by atoms with Crippen molar-refractivity contribution in [1.29, 1.82) is 0 Å². The van der Waals surface area contributed by atoms with Crippen LogP contribution in [0.5, 0.6) is 11.5 Å². The number of ether oxygens (including phenoxy) is 1. The minimum absolute atomic E-state index is 0.194. The van der Waals surface area contributed by atoms with Gasteiger partial charge in [0, 0.05) is 24.7 Å². The zero-order valence-electron chi connectivity index (χ0n) is 17.1. The number of carbonyl (C=O) groups excluding carboxylic acids is 1. The Morgan fingerprint density at radius 3 is 2.28 bits per heavy atom. The van der Waals surface area contributed by atoms with E-state index in [1.54, 1.807) is 0 Å². The summed E-state index contributed by atoms with van der Waals surface area (Å²) in [7, 11) is 1.93. The van der Waals surface area contributed by atoms with Gasteiger partial charge >= 0.3 is 0 Å². The van der Waals surface area contributed by atoms with Gasteiger partial charge in [-0.1, -0.05) is 38.1 Å². The van der Waals surface area contributed by atoms with E-state index in [-0.39, 0.29) is 11.8 Å². The number of nitrogens with zero attached hydrogens (tertiary/aromatic N) is 1. The molecule has 0 bridgehead atoms. The van der Waals surface area contributed by atoms with Crippen molar-refractivity contribution in [2.45, 2.75) is 45.1 Å². The van der Waals surface area contributed by atoms with Crippen molar-refractivity contribution in [3.05, 3.63) is 70.9 Å². The van der Waals surface area contributed by atoms with Gasteiger partial charge in [0.2, 0.25) is 0 Å². The minimum Gasteiger partial charge on any atom is -0.457 e. The van der Waals surface area contributed by atoms with E-state index in [4.69, 9.17) is 17.0 Å². The minimum atomic E-state index is -0.194. The van der Waals surface area contributed by atoms with Crippen molar-refractivity contribution in [1.82, 2.24) is 10.2 Å². The lowest BCUT2D eigenvalue weighted by atomic mass is 9.85. The smallest absolute Gasteiger partial charge is 0.173 e. The number of hydrogen-bond acceptors (Lipinski definition) is 3. The highest BCUT2D eigenvalue weighted by atomic mass is 32.1. The summed E-state index contributed by atoms with van der Waals surface area (Å²) in [6.45, 7) is 4.35. The Hall–Kier alpha value is -2.66. The molecule has 29 heavy (non-hydrogen) atoms. The largest absolute Gasteiger partial charge is 0.457 e. The van der Waals surface area contributed by atoms with E-state index in [9.17, 15) is 4.79 Å². The Labute approximate surface area is 177 Å². The lowest BCUT2D eigenvalue weighted by molar-refractivity contribution is -0.116. The Morgan fingerprint density at radius 1 is 1.03 bits per heavy atom. The number of ketones is 1. The van der Waals surface area contributed by atoms with Gasteiger partial charge in [0.15, 0.2) is 10.9 Å². The molecule has 1 aliphatic carbocycles. The van der Waals surface area contributed by atoms with Crippen molar-refractivity contribution in [3.8, 4) is 11.5 Å². The fourth-order valence-electron chi connectivity index (χ4n) is 3.97. The molecule has 0 aromatic heterocycles. The molecule has 5 heteroatoms. The van der Waals surface area contributed by atoms with Gasteiger partial charge in [-0.15, -0.1) is 0 Å². The van der Waals surface area contributed by atoms with Crippen molar-refractivity contribution in [3.63, 3.8) is 0 Å². The molecule has 4 rings (SSSR count). The van der Waals surface area contributed by atoms with Gasteiger partial charge in [-0.2, -0.15) is 0 Å². The molecule has 2 aromatic carbocycles. The molecular formula is C24H26N2O2S. The van der Waals surface area contributed by atoms with Crippen LogP contribution in [0.4, 0.5) is 0 Å². The molecule has 1 unspecified atom stereocenters. The first-order valence-corrected chi connectivity index (χ1v) is 10.5. The maximum absolute atomic E-state index is 12.7. The summed E-state index contributed by atoms with van der Waals surface area (Å²) in [5.74, 6) is 2.29. The molecule has 0 spiro atoms. The standard InChI is InChI=1S/C24H26N2O2S/c1-15(2)16-7-11-18(12-8-16)28-19-13-9-17(10-14-19)23-22-20(5-4-6-21(22)27)26(3)24(29)25-23/h7-15,23H,4-6H2,1-3H3,(H,25,29). The number of rotatable bonds is 4. The molecule has 1 heterocycles. The second-order valence-electron chi connectivity index (χ2n) is 7.97. The third-order valence-electron chi connectivity index (χ3n) is 5.69. The van der Waals surface area contributed by atoms with E-state index in [1.165, 1.54) is 5.56 Å². The number of thiocarbonyl (C=S) groups is 1. The number of hydrogen-bond donors (Lipinski definition) is 1. The number of allylic oxidation sites excluding steroid dienone is 1. The third kappa shape index (κ3) is 3.92. The van der Waals surface area contributed by atoms with Crippen LogP contribution < -0.4 is 10.1 Å². The van der Waals surface area contributed by atoms with Crippen LogP contribution in [0, 0.1) is 0 Å². The van der Waals surface area contributed by atoms with Crippen LogP contribution in [0.15, 0.2) is 59.8 Å². The average molecular weight is 407 g/mol. The van der Waals surface area contributed by atoms with Crippen LogP contribution in [0.1, 0.15) is 56.2 Å². The molecule has 0 amide bonds. The Bertz CT molecular complexity index is 961. The number of nitrogens with one attached hydrogen (secondary N) is 1. The average Bonchev–Trinajstić information content (AvgIpc) is 2.72. The molecule has 0 saturated heterocycles. The first kappa shape index (κ1) is 19.6. The molecule has 2 aromatic rings. The lowest BCUT2D eigenvalue weighted by Crippen LogP contribution is -2.47. The van der Waals surface area contributed by atoms with E-state index in [1.807, 2.05) is 48.3 Å². The summed E-state index contributed by atoms with van der Waals surface area (Å²) in [6.07, 6.45) is 2.38. The van der Waals surface area contributed by atoms with Crippen molar-refractivity contribution in [2.24, 2.45) is 0 Å². The Morgan fingerprint density at radius 2 is 1.66 bits per heavy atom. The Kier molecular flexibility index (Phi) is 5.41. The predicted molar refractivity (Wildman–Crippen MR) is 119 cm³/mol. The van der Waals surface area contributed by atoms with Gasteiger partial charge < -0.3 is 15.0 Å². The van der Waals surface area contributed by atoms with E-state index in [2.05, 4.69) is 31.3 Å². The van der Waals surface area contributed by atoms with Crippen molar-refractivity contribution < 1.29 is 9.53 Å². The quantitative estimate of drug-likeness (QED) is 0.682. The van der Waals surface area contributed by atoms with Gasteiger partial charge in [-0.3, -0.25) is 4.79 Å². The van der Waals surface area contributed by atoms with E-state index in [0.29, 0.717) is 17.5 Å². The van der Waals surface area contributed by atoms with Gasteiger partial charge in [0.25, 0.3) is 0 Å². The van der Waals surface area contributed by atoms with E-state index >= 15 is 0 Å². The Balaban J connectivity index is 1.56. The third-order valence-corrected chi connectivity index (χ3v) is 6.08. The van der Waals surface area contributed by atoms with Crippen LogP contribution >= 0.6 is 12.2 Å². The summed E-state index contributed by atoms with van der Waals surface area (Å²) in [4.78, 5) is 14.6.